The van der Waals surface area contributed by atoms with Crippen LogP contribution in [0.2, 0.25) is 0 Å². The molecule has 2 nitrogen and oxygen atoms in total. The lowest BCUT2D eigenvalue weighted by atomic mass is 9.91. The minimum atomic E-state index is -0.845. The van der Waals surface area contributed by atoms with Gasteiger partial charge in [-0.05, 0) is 61.7 Å². The lowest BCUT2D eigenvalue weighted by Crippen LogP contribution is -2.28. The van der Waals surface area contributed by atoms with Gasteiger partial charge in [0.05, 0.1) is 5.60 Å². The van der Waals surface area contributed by atoms with Crippen molar-refractivity contribution >= 4 is 0 Å². The largest absolute Gasteiger partial charge is 0.385 e. The third-order valence-electron chi connectivity index (χ3n) is 3.90. The fourth-order valence-electron chi connectivity index (χ4n) is 2.44. The Kier molecular flexibility index (Phi) is 5.69. The zero-order chi connectivity index (χ0) is 16.0. The van der Waals surface area contributed by atoms with E-state index in [0.717, 1.165) is 36.2 Å². The minimum Gasteiger partial charge on any atom is -0.385 e. The van der Waals surface area contributed by atoms with Crippen LogP contribution >= 0.6 is 0 Å². The van der Waals surface area contributed by atoms with E-state index in [1.807, 2.05) is 31.2 Å². The summed E-state index contributed by atoms with van der Waals surface area (Å²) >= 11 is 0. The highest BCUT2D eigenvalue weighted by Crippen LogP contribution is 2.27. The molecule has 1 unspecified atom stereocenters. The zero-order valence-electron chi connectivity index (χ0n) is 13.3. The van der Waals surface area contributed by atoms with E-state index in [9.17, 15) is 9.50 Å². The highest BCUT2D eigenvalue weighted by atomic mass is 19.1. The molecule has 0 saturated carbocycles. The van der Waals surface area contributed by atoms with Gasteiger partial charge in [0.1, 0.15) is 5.82 Å². The second-order valence-electron chi connectivity index (χ2n) is 5.86. The first-order chi connectivity index (χ1) is 10.5. The van der Waals surface area contributed by atoms with E-state index in [1.165, 1.54) is 12.1 Å². The Bertz CT molecular complexity index is 575. The first kappa shape index (κ1) is 16.7. The topological polar surface area (TPSA) is 32.3 Å². The molecule has 2 N–H and O–H groups in total. The van der Waals surface area contributed by atoms with Gasteiger partial charge in [-0.2, -0.15) is 0 Å². The molecule has 0 amide bonds. The Balaban J connectivity index is 2.05. The second-order valence-corrected chi connectivity index (χ2v) is 5.86. The smallest absolute Gasteiger partial charge is 0.123 e. The number of nitrogens with one attached hydrogen (secondary N) is 1. The van der Waals surface area contributed by atoms with Crippen LogP contribution in [0.15, 0.2) is 48.5 Å². The third-order valence-corrected chi connectivity index (χ3v) is 3.90. The average molecular weight is 301 g/mol. The van der Waals surface area contributed by atoms with Crippen LogP contribution in [0, 0.1) is 5.82 Å². The monoisotopic (exact) mass is 301 g/mol. The first-order valence-electron chi connectivity index (χ1n) is 7.82. The summed E-state index contributed by atoms with van der Waals surface area (Å²) < 4.78 is 13.0. The van der Waals surface area contributed by atoms with Crippen molar-refractivity contribution in [1.29, 1.82) is 0 Å². The van der Waals surface area contributed by atoms with E-state index in [4.69, 9.17) is 0 Å². The van der Waals surface area contributed by atoms with Crippen LogP contribution in [0.1, 0.15) is 32.3 Å². The van der Waals surface area contributed by atoms with Gasteiger partial charge in [-0.15, -0.1) is 0 Å². The number of hydrogen-bond donors (Lipinski definition) is 2. The Hall–Kier alpha value is -1.71. The van der Waals surface area contributed by atoms with Gasteiger partial charge in [0.2, 0.25) is 0 Å². The maximum absolute atomic E-state index is 13.0. The standard InChI is InChI=1S/C19H24FNO/c1-3-13-21-14-12-19(2,22)17-8-4-15(5-9-17)16-6-10-18(20)11-7-16/h4-11,21-22H,3,12-14H2,1-2H3. The quantitative estimate of drug-likeness (QED) is 0.755. The summed E-state index contributed by atoms with van der Waals surface area (Å²) in [6, 6.07) is 14.3. The molecular weight excluding hydrogens is 277 g/mol. The van der Waals surface area contributed by atoms with Crippen LogP contribution in [0.4, 0.5) is 4.39 Å². The Morgan fingerprint density at radius 2 is 1.50 bits per heavy atom. The van der Waals surface area contributed by atoms with E-state index in [-0.39, 0.29) is 5.82 Å². The molecule has 0 aliphatic rings. The van der Waals surface area contributed by atoms with Crippen molar-refractivity contribution in [1.82, 2.24) is 5.32 Å². The molecule has 2 rings (SSSR count). The second kappa shape index (κ2) is 7.52. The average Bonchev–Trinajstić information content (AvgIpc) is 2.52. The molecule has 0 aliphatic heterocycles. The van der Waals surface area contributed by atoms with E-state index < -0.39 is 5.60 Å². The first-order valence-corrected chi connectivity index (χ1v) is 7.82. The molecule has 3 heteroatoms. The third kappa shape index (κ3) is 4.39. The fourth-order valence-corrected chi connectivity index (χ4v) is 2.44. The van der Waals surface area contributed by atoms with E-state index in [1.54, 1.807) is 12.1 Å². The van der Waals surface area contributed by atoms with Crippen molar-refractivity contribution in [3.63, 3.8) is 0 Å². The molecule has 0 saturated heterocycles. The van der Waals surface area contributed by atoms with Crippen LogP contribution in [-0.4, -0.2) is 18.2 Å². The van der Waals surface area contributed by atoms with Crippen molar-refractivity contribution in [2.45, 2.75) is 32.3 Å². The summed E-state index contributed by atoms with van der Waals surface area (Å²) in [7, 11) is 0. The lowest BCUT2D eigenvalue weighted by molar-refractivity contribution is 0.0481. The summed E-state index contributed by atoms with van der Waals surface area (Å²) in [6.07, 6.45) is 1.76. The van der Waals surface area contributed by atoms with Gasteiger partial charge < -0.3 is 10.4 Å². The molecule has 22 heavy (non-hydrogen) atoms. The van der Waals surface area contributed by atoms with Crippen molar-refractivity contribution in [3.05, 3.63) is 59.9 Å². The molecule has 2 aromatic rings. The van der Waals surface area contributed by atoms with Crippen molar-refractivity contribution < 1.29 is 9.50 Å². The molecule has 0 bridgehead atoms. The molecule has 0 aromatic heterocycles. The molecule has 0 radical (unpaired) electrons. The Morgan fingerprint density at radius 1 is 0.955 bits per heavy atom. The zero-order valence-corrected chi connectivity index (χ0v) is 13.3. The van der Waals surface area contributed by atoms with Gasteiger partial charge in [0, 0.05) is 0 Å². The van der Waals surface area contributed by atoms with Gasteiger partial charge in [-0.25, -0.2) is 4.39 Å². The molecule has 2 aromatic carbocycles. The molecule has 0 aliphatic carbocycles. The molecule has 0 fully saturated rings. The van der Waals surface area contributed by atoms with Crippen molar-refractivity contribution in [2.24, 2.45) is 0 Å². The number of halogens is 1. The maximum Gasteiger partial charge on any atom is 0.123 e. The summed E-state index contributed by atoms with van der Waals surface area (Å²) in [5.74, 6) is -0.233. The minimum absolute atomic E-state index is 0.233. The Labute approximate surface area is 132 Å². The lowest BCUT2D eigenvalue weighted by Gasteiger charge is -2.24. The number of aliphatic hydroxyl groups is 1. The van der Waals surface area contributed by atoms with Crippen LogP contribution in [0.5, 0.6) is 0 Å². The Morgan fingerprint density at radius 3 is 2.05 bits per heavy atom. The summed E-state index contributed by atoms with van der Waals surface area (Å²) in [4.78, 5) is 0. The van der Waals surface area contributed by atoms with Gasteiger partial charge in [-0.1, -0.05) is 43.3 Å². The normalized spacial score (nSPS) is 13.8. The highest BCUT2D eigenvalue weighted by molar-refractivity contribution is 5.63. The van der Waals surface area contributed by atoms with Crippen LogP contribution in [0.25, 0.3) is 11.1 Å². The molecule has 0 spiro atoms. The van der Waals surface area contributed by atoms with Crippen LogP contribution < -0.4 is 5.32 Å². The SMILES string of the molecule is CCCNCCC(C)(O)c1ccc(-c2ccc(F)cc2)cc1. The number of benzene rings is 2. The predicted molar refractivity (Wildman–Crippen MR) is 89.2 cm³/mol. The van der Waals surface area contributed by atoms with Crippen molar-refractivity contribution in [2.75, 3.05) is 13.1 Å². The molecule has 0 heterocycles. The van der Waals surface area contributed by atoms with Gasteiger partial charge in [0.15, 0.2) is 0 Å². The van der Waals surface area contributed by atoms with E-state index in [0.29, 0.717) is 6.42 Å². The van der Waals surface area contributed by atoms with Crippen molar-refractivity contribution in [3.8, 4) is 11.1 Å². The molecular formula is C19H24FNO. The van der Waals surface area contributed by atoms with Gasteiger partial charge in [-0.3, -0.25) is 0 Å². The van der Waals surface area contributed by atoms with Crippen LogP contribution in [0.3, 0.4) is 0 Å². The van der Waals surface area contributed by atoms with E-state index >= 15 is 0 Å². The number of rotatable bonds is 7. The molecule has 118 valence electrons. The predicted octanol–water partition coefficient (Wildman–Crippen LogP) is 4.09. The van der Waals surface area contributed by atoms with E-state index in [2.05, 4.69) is 12.2 Å². The van der Waals surface area contributed by atoms with Gasteiger partial charge in [0.25, 0.3) is 0 Å². The summed E-state index contributed by atoms with van der Waals surface area (Å²) in [6.45, 7) is 5.73. The number of hydrogen-bond acceptors (Lipinski definition) is 2. The maximum atomic E-state index is 13.0. The fraction of sp³-hybridized carbons (Fsp3) is 0.368. The van der Waals surface area contributed by atoms with Gasteiger partial charge >= 0.3 is 0 Å². The molecule has 1 atom stereocenters. The summed E-state index contributed by atoms with van der Waals surface area (Å²) in [5, 5.41) is 13.9. The van der Waals surface area contributed by atoms with Crippen LogP contribution in [-0.2, 0) is 5.60 Å². The highest BCUT2D eigenvalue weighted by Gasteiger charge is 2.22. The summed E-state index contributed by atoms with van der Waals surface area (Å²) in [5.41, 5.74) is 2.04.